The number of benzene rings is 2. The molecule has 1 N–H and O–H groups in total. The highest BCUT2D eigenvalue weighted by molar-refractivity contribution is 5.94. The first-order valence-electron chi connectivity index (χ1n) is 11.2. The van der Waals surface area contributed by atoms with Gasteiger partial charge in [-0.1, -0.05) is 24.3 Å². The van der Waals surface area contributed by atoms with Crippen molar-refractivity contribution in [2.45, 2.75) is 12.8 Å². The zero-order valence-electron chi connectivity index (χ0n) is 19.0. The third-order valence-electron chi connectivity index (χ3n) is 5.77. The predicted octanol–water partition coefficient (Wildman–Crippen LogP) is 3.76. The molecule has 0 unspecified atom stereocenters. The molecule has 1 aliphatic rings. The van der Waals surface area contributed by atoms with E-state index >= 15 is 0 Å². The fraction of sp³-hybridized carbons (Fsp3) is 0.269. The summed E-state index contributed by atoms with van der Waals surface area (Å²) in [7, 11) is 1.60. The van der Waals surface area contributed by atoms with Gasteiger partial charge >= 0.3 is 0 Å². The zero-order valence-corrected chi connectivity index (χ0v) is 19.0. The lowest BCUT2D eigenvalue weighted by Crippen LogP contribution is -2.35. The minimum atomic E-state index is -0.500. The average Bonchev–Trinajstić information content (AvgIpc) is 3.11. The Morgan fingerprint density at radius 2 is 1.79 bits per heavy atom. The maximum Gasteiger partial charge on any atom is 0.256 e. The van der Waals surface area contributed by atoms with Crippen LogP contribution in [0.4, 0.5) is 15.9 Å². The molecule has 1 fully saturated rings. The molecule has 1 aliphatic heterocycles. The molecule has 0 radical (unpaired) electrons. The number of halogens is 1. The molecule has 4 rings (SSSR count). The number of nitrogens with one attached hydrogen (secondary N) is 1. The van der Waals surface area contributed by atoms with Crippen molar-refractivity contribution < 1.29 is 18.7 Å². The minimum absolute atomic E-state index is 0.101. The Hall–Kier alpha value is -3.94. The second-order valence-electron chi connectivity index (χ2n) is 8.09. The second kappa shape index (κ2) is 10.8. The summed E-state index contributed by atoms with van der Waals surface area (Å²) < 4.78 is 19.2. The van der Waals surface area contributed by atoms with E-state index in [0.717, 1.165) is 30.1 Å². The van der Waals surface area contributed by atoms with E-state index in [4.69, 9.17) is 4.74 Å². The number of carbonyl (C=O) groups is 2. The van der Waals surface area contributed by atoms with Crippen LogP contribution in [0.25, 0.3) is 0 Å². The Labute approximate surface area is 198 Å². The molecule has 2 aromatic carbocycles. The normalized spacial score (nSPS) is 13.8. The van der Waals surface area contributed by atoms with Gasteiger partial charge < -0.3 is 19.9 Å². The first-order valence-corrected chi connectivity index (χ1v) is 11.2. The van der Waals surface area contributed by atoms with Crippen LogP contribution in [0.15, 0.2) is 66.9 Å². The zero-order chi connectivity index (χ0) is 23.9. The van der Waals surface area contributed by atoms with E-state index in [9.17, 15) is 14.0 Å². The molecular weight excluding hydrogens is 435 g/mol. The molecule has 34 heavy (non-hydrogen) atoms. The van der Waals surface area contributed by atoms with Crippen LogP contribution in [0, 0.1) is 5.82 Å². The summed E-state index contributed by atoms with van der Waals surface area (Å²) in [6.07, 6.45) is 2.64. The van der Waals surface area contributed by atoms with Gasteiger partial charge in [0.05, 0.1) is 31.0 Å². The lowest BCUT2D eigenvalue weighted by molar-refractivity contribution is -0.115. The van der Waals surface area contributed by atoms with Gasteiger partial charge in [-0.15, -0.1) is 0 Å². The van der Waals surface area contributed by atoms with Gasteiger partial charge in [0.1, 0.15) is 17.4 Å². The Kier molecular flexibility index (Phi) is 7.37. The lowest BCUT2D eigenvalue weighted by atomic mass is 10.1. The van der Waals surface area contributed by atoms with E-state index < -0.39 is 5.82 Å². The molecule has 176 valence electrons. The number of amides is 2. The monoisotopic (exact) mass is 462 g/mol. The molecular formula is C26H27FN4O3. The van der Waals surface area contributed by atoms with Crippen LogP contribution in [0.2, 0.25) is 0 Å². The highest BCUT2D eigenvalue weighted by Crippen LogP contribution is 2.19. The van der Waals surface area contributed by atoms with E-state index in [1.54, 1.807) is 30.3 Å². The maximum atomic E-state index is 14.0. The van der Waals surface area contributed by atoms with Gasteiger partial charge in [-0.2, -0.15) is 0 Å². The van der Waals surface area contributed by atoms with E-state index in [1.165, 1.54) is 12.1 Å². The van der Waals surface area contributed by atoms with Crippen LogP contribution in [0.5, 0.6) is 5.75 Å². The van der Waals surface area contributed by atoms with Crippen molar-refractivity contribution >= 4 is 23.3 Å². The van der Waals surface area contributed by atoms with Gasteiger partial charge in [-0.05, 0) is 48.4 Å². The molecule has 8 heteroatoms. The van der Waals surface area contributed by atoms with Gasteiger partial charge in [-0.3, -0.25) is 9.59 Å². The molecule has 0 bridgehead atoms. The topological polar surface area (TPSA) is 74.8 Å². The van der Waals surface area contributed by atoms with Gasteiger partial charge in [-0.25, -0.2) is 9.37 Å². The molecule has 1 saturated heterocycles. The highest BCUT2D eigenvalue weighted by Gasteiger charge is 2.22. The summed E-state index contributed by atoms with van der Waals surface area (Å²) >= 11 is 0. The van der Waals surface area contributed by atoms with Crippen molar-refractivity contribution in [2.24, 2.45) is 0 Å². The molecule has 0 atom stereocenters. The number of hydrogen-bond donors (Lipinski definition) is 1. The van der Waals surface area contributed by atoms with Crippen molar-refractivity contribution in [3.8, 4) is 5.75 Å². The molecule has 2 amide bonds. The van der Waals surface area contributed by atoms with Crippen LogP contribution < -0.4 is 15.0 Å². The Bertz CT molecular complexity index is 1140. The molecule has 7 nitrogen and oxygen atoms in total. The van der Waals surface area contributed by atoms with Crippen LogP contribution in [0.1, 0.15) is 22.3 Å². The summed E-state index contributed by atoms with van der Waals surface area (Å²) in [4.78, 5) is 33.4. The van der Waals surface area contributed by atoms with Crippen molar-refractivity contribution in [3.05, 3.63) is 83.8 Å². The largest absolute Gasteiger partial charge is 0.497 e. The van der Waals surface area contributed by atoms with E-state index in [0.29, 0.717) is 25.3 Å². The van der Waals surface area contributed by atoms with Gasteiger partial charge in [0.2, 0.25) is 5.91 Å². The predicted molar refractivity (Wildman–Crippen MR) is 129 cm³/mol. The van der Waals surface area contributed by atoms with Crippen molar-refractivity contribution in [1.82, 2.24) is 9.88 Å². The average molecular weight is 463 g/mol. The fourth-order valence-electron chi connectivity index (χ4n) is 3.94. The number of ether oxygens (including phenoxy) is 1. The minimum Gasteiger partial charge on any atom is -0.497 e. The standard InChI is InChI=1S/C26H27FN4O3/c1-34-21-10-7-19(8-11-21)17-25(32)29-20-9-12-24(28-18-20)30-13-4-14-31(16-15-30)26(33)22-5-2-3-6-23(22)27/h2-3,5-12,18H,4,13-17H2,1H3,(H,29,32). The number of rotatable bonds is 6. The summed E-state index contributed by atoms with van der Waals surface area (Å²) in [5.41, 5.74) is 1.61. The van der Waals surface area contributed by atoms with Gasteiger partial charge in [0, 0.05) is 26.2 Å². The molecule has 1 aromatic heterocycles. The summed E-state index contributed by atoms with van der Waals surface area (Å²) in [6.45, 7) is 2.37. The van der Waals surface area contributed by atoms with Crippen molar-refractivity contribution in [3.63, 3.8) is 0 Å². The third-order valence-corrected chi connectivity index (χ3v) is 5.77. The van der Waals surface area contributed by atoms with Gasteiger partial charge in [0.25, 0.3) is 5.91 Å². The van der Waals surface area contributed by atoms with E-state index in [-0.39, 0.29) is 23.8 Å². The Morgan fingerprint density at radius 3 is 2.50 bits per heavy atom. The number of anilines is 2. The number of aromatic nitrogens is 1. The number of pyridine rings is 1. The quantitative estimate of drug-likeness (QED) is 0.604. The molecule has 3 aromatic rings. The third kappa shape index (κ3) is 5.70. The lowest BCUT2D eigenvalue weighted by Gasteiger charge is -2.23. The van der Waals surface area contributed by atoms with Crippen LogP contribution in [-0.2, 0) is 11.2 Å². The SMILES string of the molecule is COc1ccc(CC(=O)Nc2ccc(N3CCCN(C(=O)c4ccccc4F)CC3)nc2)cc1. The fourth-order valence-corrected chi connectivity index (χ4v) is 3.94. The number of hydrogen-bond acceptors (Lipinski definition) is 5. The summed E-state index contributed by atoms with van der Waals surface area (Å²) in [6, 6.07) is 17.1. The summed E-state index contributed by atoms with van der Waals surface area (Å²) in [5.74, 6) is 0.602. The van der Waals surface area contributed by atoms with E-state index in [1.807, 2.05) is 36.4 Å². The van der Waals surface area contributed by atoms with Crippen LogP contribution in [-0.4, -0.2) is 55.0 Å². The molecule has 0 saturated carbocycles. The Morgan fingerprint density at radius 1 is 1.00 bits per heavy atom. The number of methoxy groups -OCH3 is 1. The van der Waals surface area contributed by atoms with Crippen molar-refractivity contribution in [2.75, 3.05) is 43.5 Å². The van der Waals surface area contributed by atoms with E-state index in [2.05, 4.69) is 15.2 Å². The molecule has 2 heterocycles. The van der Waals surface area contributed by atoms with Crippen LogP contribution >= 0.6 is 0 Å². The first kappa shape index (κ1) is 23.2. The second-order valence-corrected chi connectivity index (χ2v) is 8.09. The van der Waals surface area contributed by atoms with Crippen LogP contribution in [0.3, 0.4) is 0 Å². The maximum absolute atomic E-state index is 14.0. The number of nitrogens with zero attached hydrogens (tertiary/aromatic N) is 3. The highest BCUT2D eigenvalue weighted by atomic mass is 19.1. The molecule has 0 spiro atoms. The van der Waals surface area contributed by atoms with Crippen molar-refractivity contribution in [1.29, 1.82) is 0 Å². The molecule has 0 aliphatic carbocycles. The van der Waals surface area contributed by atoms with Gasteiger partial charge in [0.15, 0.2) is 0 Å². The summed E-state index contributed by atoms with van der Waals surface area (Å²) in [5, 5.41) is 2.87. The smallest absolute Gasteiger partial charge is 0.256 e. The first-order chi connectivity index (χ1) is 16.5. The number of carbonyl (C=O) groups excluding carboxylic acids is 2. The Balaban J connectivity index is 1.32.